The zero-order chi connectivity index (χ0) is 13.8. The average molecular weight is 276 g/mol. The van der Waals surface area contributed by atoms with Gasteiger partial charge >= 0.3 is 0 Å². The van der Waals surface area contributed by atoms with Crippen LogP contribution in [0.25, 0.3) is 0 Å². The van der Waals surface area contributed by atoms with Crippen molar-refractivity contribution in [2.45, 2.75) is 20.3 Å². The van der Waals surface area contributed by atoms with E-state index in [-0.39, 0.29) is 5.91 Å². The fourth-order valence-electron chi connectivity index (χ4n) is 1.72. The number of aryl methyl sites for hydroxylation is 1. The monoisotopic (exact) mass is 276 g/mol. The summed E-state index contributed by atoms with van der Waals surface area (Å²) in [7, 11) is 1.65. The molecule has 0 aliphatic carbocycles. The van der Waals surface area contributed by atoms with E-state index in [0.717, 1.165) is 22.7 Å². The first-order chi connectivity index (χ1) is 9.08. The van der Waals surface area contributed by atoms with Gasteiger partial charge in [0.25, 0.3) is 0 Å². The number of anilines is 1. The Bertz CT molecular complexity index is 576. The first kappa shape index (κ1) is 13.5. The summed E-state index contributed by atoms with van der Waals surface area (Å²) in [6.45, 7) is 3.44. The van der Waals surface area contributed by atoms with Crippen LogP contribution in [-0.4, -0.2) is 18.0 Å². The quantitative estimate of drug-likeness (QED) is 0.934. The van der Waals surface area contributed by atoms with E-state index in [0.29, 0.717) is 5.13 Å². The number of carbonyl (C=O) groups is 1. The molecule has 0 unspecified atom stereocenters. The van der Waals surface area contributed by atoms with E-state index in [1.54, 1.807) is 7.11 Å². The second-order valence-electron chi connectivity index (χ2n) is 4.23. The highest BCUT2D eigenvalue weighted by atomic mass is 32.1. The van der Waals surface area contributed by atoms with Crippen molar-refractivity contribution >= 4 is 22.4 Å². The van der Waals surface area contributed by atoms with E-state index in [1.807, 2.05) is 31.2 Å². The molecule has 2 aromatic rings. The van der Waals surface area contributed by atoms with Gasteiger partial charge in [-0.15, -0.1) is 11.3 Å². The SMILES string of the molecule is COc1ccc(Cc2sc(NC(C)=O)nc2C)cc1. The highest BCUT2D eigenvalue weighted by Crippen LogP contribution is 2.25. The van der Waals surface area contributed by atoms with E-state index in [1.165, 1.54) is 23.8 Å². The lowest BCUT2D eigenvalue weighted by molar-refractivity contribution is -0.114. The molecule has 0 aliphatic rings. The number of rotatable bonds is 4. The number of aromatic nitrogens is 1. The van der Waals surface area contributed by atoms with Crippen LogP contribution in [0, 0.1) is 6.92 Å². The largest absolute Gasteiger partial charge is 0.497 e. The topological polar surface area (TPSA) is 51.2 Å². The first-order valence-corrected chi connectivity index (χ1v) is 6.77. The third-order valence-electron chi connectivity index (χ3n) is 2.70. The van der Waals surface area contributed by atoms with Gasteiger partial charge in [-0.05, 0) is 24.6 Å². The van der Waals surface area contributed by atoms with Crippen molar-refractivity contribution in [1.82, 2.24) is 4.98 Å². The molecule has 4 nitrogen and oxygen atoms in total. The molecular weight excluding hydrogens is 260 g/mol. The van der Waals surface area contributed by atoms with Gasteiger partial charge in [-0.3, -0.25) is 4.79 Å². The Morgan fingerprint density at radius 2 is 2.05 bits per heavy atom. The van der Waals surface area contributed by atoms with E-state index in [2.05, 4.69) is 10.3 Å². The van der Waals surface area contributed by atoms with Crippen LogP contribution in [0.2, 0.25) is 0 Å². The molecule has 0 fully saturated rings. The maximum atomic E-state index is 11.0. The molecule has 2 rings (SSSR count). The Kier molecular flexibility index (Phi) is 4.16. The number of methoxy groups -OCH3 is 1. The molecule has 1 aromatic carbocycles. The van der Waals surface area contributed by atoms with Crippen molar-refractivity contribution in [2.75, 3.05) is 12.4 Å². The molecule has 0 atom stereocenters. The summed E-state index contributed by atoms with van der Waals surface area (Å²) >= 11 is 1.52. The highest BCUT2D eigenvalue weighted by molar-refractivity contribution is 7.15. The fraction of sp³-hybridized carbons (Fsp3) is 0.286. The van der Waals surface area contributed by atoms with Gasteiger partial charge in [0, 0.05) is 18.2 Å². The van der Waals surface area contributed by atoms with Crippen LogP contribution in [0.5, 0.6) is 5.75 Å². The van der Waals surface area contributed by atoms with Crippen LogP contribution in [-0.2, 0) is 11.2 Å². The van der Waals surface area contributed by atoms with E-state index in [9.17, 15) is 4.79 Å². The predicted molar refractivity (Wildman–Crippen MR) is 77.0 cm³/mol. The van der Waals surface area contributed by atoms with Crippen molar-refractivity contribution < 1.29 is 9.53 Å². The molecule has 0 radical (unpaired) electrons. The summed E-state index contributed by atoms with van der Waals surface area (Å²) in [6.07, 6.45) is 0.813. The van der Waals surface area contributed by atoms with Gasteiger partial charge in [-0.25, -0.2) is 4.98 Å². The first-order valence-electron chi connectivity index (χ1n) is 5.95. The molecule has 19 heavy (non-hydrogen) atoms. The summed E-state index contributed by atoms with van der Waals surface area (Å²) < 4.78 is 5.13. The molecule has 0 aliphatic heterocycles. The number of benzene rings is 1. The molecule has 0 bridgehead atoms. The molecule has 0 spiro atoms. The number of hydrogen-bond donors (Lipinski definition) is 1. The van der Waals surface area contributed by atoms with Crippen LogP contribution in [0.4, 0.5) is 5.13 Å². The van der Waals surface area contributed by atoms with Crippen molar-refractivity contribution in [2.24, 2.45) is 0 Å². The zero-order valence-electron chi connectivity index (χ0n) is 11.2. The smallest absolute Gasteiger partial charge is 0.223 e. The van der Waals surface area contributed by atoms with Gasteiger partial charge in [0.05, 0.1) is 12.8 Å². The Morgan fingerprint density at radius 3 is 2.63 bits per heavy atom. The predicted octanol–water partition coefficient (Wildman–Crippen LogP) is 3.01. The molecule has 1 heterocycles. The van der Waals surface area contributed by atoms with E-state index in [4.69, 9.17) is 4.74 Å². The molecule has 1 N–H and O–H groups in total. The van der Waals surface area contributed by atoms with Gasteiger partial charge in [0.15, 0.2) is 5.13 Å². The van der Waals surface area contributed by atoms with Crippen LogP contribution >= 0.6 is 11.3 Å². The molecule has 0 saturated carbocycles. The normalized spacial score (nSPS) is 10.3. The van der Waals surface area contributed by atoms with Crippen LogP contribution < -0.4 is 10.1 Å². The Morgan fingerprint density at radius 1 is 1.37 bits per heavy atom. The van der Waals surface area contributed by atoms with Crippen LogP contribution in [0.15, 0.2) is 24.3 Å². The maximum Gasteiger partial charge on any atom is 0.223 e. The molecule has 1 amide bonds. The molecule has 1 aromatic heterocycles. The van der Waals surface area contributed by atoms with Crippen molar-refractivity contribution in [3.63, 3.8) is 0 Å². The minimum atomic E-state index is -0.0928. The lowest BCUT2D eigenvalue weighted by Crippen LogP contribution is -2.04. The van der Waals surface area contributed by atoms with E-state index < -0.39 is 0 Å². The lowest BCUT2D eigenvalue weighted by atomic mass is 10.1. The summed E-state index contributed by atoms with van der Waals surface area (Å²) in [6, 6.07) is 7.97. The van der Waals surface area contributed by atoms with Crippen LogP contribution in [0.1, 0.15) is 23.1 Å². The number of carbonyl (C=O) groups excluding carboxylic acids is 1. The maximum absolute atomic E-state index is 11.0. The Hall–Kier alpha value is -1.88. The second-order valence-corrected chi connectivity index (χ2v) is 5.32. The minimum Gasteiger partial charge on any atom is -0.497 e. The average Bonchev–Trinajstić information content (AvgIpc) is 2.69. The fourth-order valence-corrected chi connectivity index (χ4v) is 2.77. The minimum absolute atomic E-state index is 0.0928. The zero-order valence-corrected chi connectivity index (χ0v) is 12.0. The number of nitrogens with zero attached hydrogens (tertiary/aromatic N) is 1. The van der Waals surface area contributed by atoms with Gasteiger partial charge in [-0.1, -0.05) is 12.1 Å². The standard InChI is InChI=1S/C14H16N2O2S/c1-9-13(19-14(15-9)16-10(2)17)8-11-4-6-12(18-3)7-5-11/h4-7H,8H2,1-3H3,(H,15,16,17). The van der Waals surface area contributed by atoms with Gasteiger partial charge in [0.1, 0.15) is 5.75 Å². The number of ether oxygens (including phenoxy) is 1. The number of hydrogen-bond acceptors (Lipinski definition) is 4. The molecular formula is C14H16N2O2S. The number of amides is 1. The number of nitrogens with one attached hydrogen (secondary N) is 1. The van der Waals surface area contributed by atoms with Gasteiger partial charge in [-0.2, -0.15) is 0 Å². The lowest BCUT2D eigenvalue weighted by Gasteiger charge is -2.02. The Balaban J connectivity index is 2.13. The van der Waals surface area contributed by atoms with Crippen molar-refractivity contribution in [3.8, 4) is 5.75 Å². The summed E-state index contributed by atoms with van der Waals surface area (Å²) in [5.41, 5.74) is 2.16. The number of thiazole rings is 1. The summed E-state index contributed by atoms with van der Waals surface area (Å²) in [5, 5.41) is 3.38. The van der Waals surface area contributed by atoms with Crippen LogP contribution in [0.3, 0.4) is 0 Å². The second kappa shape index (κ2) is 5.84. The third-order valence-corrected chi connectivity index (χ3v) is 3.77. The highest BCUT2D eigenvalue weighted by Gasteiger charge is 2.09. The van der Waals surface area contributed by atoms with Crippen molar-refractivity contribution in [1.29, 1.82) is 0 Å². The van der Waals surface area contributed by atoms with E-state index >= 15 is 0 Å². The van der Waals surface area contributed by atoms with Gasteiger partial charge < -0.3 is 10.1 Å². The Labute approximate surface area is 116 Å². The molecule has 5 heteroatoms. The molecule has 0 saturated heterocycles. The van der Waals surface area contributed by atoms with Gasteiger partial charge in [0.2, 0.25) is 5.91 Å². The summed E-state index contributed by atoms with van der Waals surface area (Å²) in [5.74, 6) is 0.758. The molecule has 100 valence electrons. The summed E-state index contributed by atoms with van der Waals surface area (Å²) in [4.78, 5) is 16.5. The van der Waals surface area contributed by atoms with Crippen molar-refractivity contribution in [3.05, 3.63) is 40.4 Å². The third kappa shape index (κ3) is 3.54.